The van der Waals surface area contributed by atoms with Crippen molar-refractivity contribution in [3.63, 3.8) is 0 Å². The highest BCUT2D eigenvalue weighted by molar-refractivity contribution is 7.92. The second-order valence-electron chi connectivity index (χ2n) is 6.88. The molecule has 0 bridgehead atoms. The summed E-state index contributed by atoms with van der Waals surface area (Å²) in [5.41, 5.74) is 2.99. The third kappa shape index (κ3) is 5.01. The lowest BCUT2D eigenvalue weighted by Gasteiger charge is -2.14. The van der Waals surface area contributed by atoms with Gasteiger partial charge in [-0.15, -0.1) is 11.3 Å². The number of carbonyl (C=O) groups is 2. The summed E-state index contributed by atoms with van der Waals surface area (Å²) < 4.78 is 25.0. The van der Waals surface area contributed by atoms with E-state index in [9.17, 15) is 18.0 Å². The summed E-state index contributed by atoms with van der Waals surface area (Å²) in [6.45, 7) is 1.13. The Balaban J connectivity index is 1.45. The molecule has 3 aromatic rings. The first-order chi connectivity index (χ1) is 14.8. The van der Waals surface area contributed by atoms with E-state index in [1.807, 2.05) is 0 Å². The van der Waals surface area contributed by atoms with Gasteiger partial charge in [0.05, 0.1) is 11.9 Å². The lowest BCUT2D eigenvalue weighted by atomic mass is 10.1. The summed E-state index contributed by atoms with van der Waals surface area (Å²) in [4.78, 5) is 30.5. The molecule has 4 rings (SSSR count). The van der Waals surface area contributed by atoms with Crippen LogP contribution in [0.15, 0.2) is 53.9 Å². The number of urea groups is 1. The second-order valence-corrected chi connectivity index (χ2v) is 9.48. The van der Waals surface area contributed by atoms with Crippen LogP contribution in [0.5, 0.6) is 0 Å². The van der Waals surface area contributed by atoms with Crippen molar-refractivity contribution in [2.24, 2.45) is 0 Å². The Bertz CT molecular complexity index is 1240. The average molecular weight is 458 g/mol. The van der Waals surface area contributed by atoms with Gasteiger partial charge in [0.25, 0.3) is 5.91 Å². The lowest BCUT2D eigenvalue weighted by molar-refractivity contribution is 0.102. The number of amides is 3. The summed E-state index contributed by atoms with van der Waals surface area (Å²) in [7, 11) is -3.34. The third-order valence-electron chi connectivity index (χ3n) is 4.49. The first-order valence-electron chi connectivity index (χ1n) is 9.29. The summed E-state index contributed by atoms with van der Waals surface area (Å²) in [6, 6.07) is 13.5. The molecule has 2 heterocycles. The molecule has 11 heteroatoms. The van der Waals surface area contributed by atoms with Gasteiger partial charge < -0.3 is 5.32 Å². The molecule has 0 spiro atoms. The largest absolute Gasteiger partial charge is 0.336 e. The molecule has 2 aromatic carbocycles. The van der Waals surface area contributed by atoms with Gasteiger partial charge in [-0.1, -0.05) is 18.2 Å². The van der Waals surface area contributed by atoms with E-state index in [1.54, 1.807) is 58.8 Å². The Kier molecular flexibility index (Phi) is 5.61. The number of rotatable bonds is 6. The van der Waals surface area contributed by atoms with Crippen LogP contribution in [-0.4, -0.2) is 44.7 Å². The molecule has 3 amide bonds. The van der Waals surface area contributed by atoms with E-state index < -0.39 is 10.0 Å². The normalized spacial score (nSPS) is 13.7. The maximum atomic E-state index is 12.7. The van der Waals surface area contributed by atoms with Gasteiger partial charge in [-0.05, 0) is 30.3 Å². The van der Waals surface area contributed by atoms with Gasteiger partial charge in [-0.3, -0.25) is 19.7 Å². The van der Waals surface area contributed by atoms with Crippen LogP contribution < -0.4 is 20.3 Å². The molecule has 1 fully saturated rings. The predicted octanol–water partition coefficient (Wildman–Crippen LogP) is 2.96. The summed E-state index contributed by atoms with van der Waals surface area (Å²) in [5.74, 6) is -0.324. The molecule has 1 aliphatic heterocycles. The Morgan fingerprint density at radius 3 is 2.65 bits per heavy atom. The monoisotopic (exact) mass is 457 g/mol. The number of hydrogen-bond donors (Lipinski definition) is 3. The minimum atomic E-state index is -3.34. The fourth-order valence-corrected chi connectivity index (χ4v) is 4.37. The molecule has 3 N–H and O–H groups in total. The zero-order chi connectivity index (χ0) is 22.0. The van der Waals surface area contributed by atoms with E-state index in [2.05, 4.69) is 20.3 Å². The van der Waals surface area contributed by atoms with Crippen molar-refractivity contribution in [2.75, 3.05) is 34.3 Å². The van der Waals surface area contributed by atoms with Crippen molar-refractivity contribution in [3.8, 4) is 11.3 Å². The van der Waals surface area contributed by atoms with Crippen molar-refractivity contribution in [1.82, 2.24) is 10.3 Å². The summed E-state index contributed by atoms with van der Waals surface area (Å²) in [6.07, 6.45) is 1.09. The molecular formula is C20H19N5O4S2. The quantitative estimate of drug-likeness (QED) is 0.526. The third-order valence-corrected chi connectivity index (χ3v) is 5.85. The summed E-state index contributed by atoms with van der Waals surface area (Å²) >= 11 is 1.28. The van der Waals surface area contributed by atoms with E-state index in [0.717, 1.165) is 11.8 Å². The molecule has 0 aliphatic carbocycles. The van der Waals surface area contributed by atoms with Crippen LogP contribution in [0.25, 0.3) is 11.3 Å². The second kappa shape index (κ2) is 8.36. The molecule has 0 unspecified atom stereocenters. The topological polar surface area (TPSA) is 121 Å². The Labute approximate surface area is 183 Å². The van der Waals surface area contributed by atoms with Crippen LogP contribution in [-0.2, 0) is 10.0 Å². The minimum absolute atomic E-state index is 0.181. The smallest absolute Gasteiger partial charge is 0.321 e. The van der Waals surface area contributed by atoms with E-state index in [1.165, 1.54) is 11.3 Å². The molecule has 1 saturated heterocycles. The molecule has 9 nitrogen and oxygen atoms in total. The van der Waals surface area contributed by atoms with Gasteiger partial charge in [-0.25, -0.2) is 18.2 Å². The number of nitrogens with zero attached hydrogens (tertiary/aromatic N) is 2. The van der Waals surface area contributed by atoms with Crippen LogP contribution in [0.2, 0.25) is 0 Å². The summed E-state index contributed by atoms with van der Waals surface area (Å²) in [5, 5.41) is 7.75. The van der Waals surface area contributed by atoms with Gasteiger partial charge in [0, 0.05) is 41.0 Å². The predicted molar refractivity (Wildman–Crippen MR) is 121 cm³/mol. The molecule has 0 saturated carbocycles. The molecule has 160 valence electrons. The number of sulfonamides is 1. The number of benzene rings is 2. The number of carbonyl (C=O) groups excluding carboxylic acids is 2. The van der Waals surface area contributed by atoms with E-state index in [-0.39, 0.29) is 11.9 Å². The average Bonchev–Trinajstić information content (AvgIpc) is 3.36. The van der Waals surface area contributed by atoms with E-state index in [0.29, 0.717) is 40.9 Å². The number of anilines is 3. The first-order valence-corrected chi connectivity index (χ1v) is 12.1. The van der Waals surface area contributed by atoms with Crippen LogP contribution in [0.3, 0.4) is 0 Å². The maximum Gasteiger partial charge on any atom is 0.321 e. The van der Waals surface area contributed by atoms with E-state index in [4.69, 9.17) is 0 Å². The number of hydrogen-bond acceptors (Lipinski definition) is 6. The van der Waals surface area contributed by atoms with Crippen LogP contribution >= 0.6 is 11.3 Å². The van der Waals surface area contributed by atoms with Gasteiger partial charge in [0.15, 0.2) is 5.13 Å². The number of thiazole rings is 1. The van der Waals surface area contributed by atoms with Gasteiger partial charge >= 0.3 is 6.03 Å². The highest BCUT2D eigenvalue weighted by atomic mass is 32.2. The highest BCUT2D eigenvalue weighted by Gasteiger charge is 2.22. The van der Waals surface area contributed by atoms with Gasteiger partial charge in [0.1, 0.15) is 0 Å². The van der Waals surface area contributed by atoms with Crippen LogP contribution in [0.4, 0.5) is 21.3 Å². The molecule has 0 atom stereocenters. The van der Waals surface area contributed by atoms with Crippen LogP contribution in [0.1, 0.15) is 10.4 Å². The molecular weight excluding hydrogens is 438 g/mol. The number of nitrogens with one attached hydrogen (secondary N) is 3. The Hall–Kier alpha value is -3.44. The lowest BCUT2D eigenvalue weighted by Crippen LogP contribution is -2.27. The standard InChI is InChI=1S/C20H19N5O4S2/c1-31(28,29)24-15-7-5-13(6-8-15)17-12-30-19(22-17)23-18(26)14-3-2-4-16(11-14)25-10-9-21-20(25)27/h2-8,11-12,24H,9-10H2,1H3,(H,21,27)(H,22,23,26). The zero-order valence-electron chi connectivity index (χ0n) is 16.5. The molecule has 31 heavy (non-hydrogen) atoms. The number of aromatic nitrogens is 1. The molecule has 1 aliphatic rings. The fraction of sp³-hybridized carbons (Fsp3) is 0.150. The van der Waals surface area contributed by atoms with E-state index >= 15 is 0 Å². The van der Waals surface area contributed by atoms with Crippen molar-refractivity contribution < 1.29 is 18.0 Å². The van der Waals surface area contributed by atoms with Crippen molar-refractivity contribution in [2.45, 2.75) is 0 Å². The Morgan fingerprint density at radius 2 is 1.97 bits per heavy atom. The van der Waals surface area contributed by atoms with Crippen molar-refractivity contribution in [1.29, 1.82) is 0 Å². The van der Waals surface area contributed by atoms with Gasteiger partial charge in [-0.2, -0.15) is 0 Å². The van der Waals surface area contributed by atoms with Crippen molar-refractivity contribution >= 4 is 49.8 Å². The maximum absolute atomic E-state index is 12.7. The Morgan fingerprint density at radius 1 is 1.19 bits per heavy atom. The zero-order valence-corrected chi connectivity index (χ0v) is 18.1. The molecule has 0 radical (unpaired) electrons. The van der Waals surface area contributed by atoms with Crippen molar-refractivity contribution in [3.05, 3.63) is 59.5 Å². The van der Waals surface area contributed by atoms with Crippen LogP contribution in [0, 0.1) is 0 Å². The van der Waals surface area contributed by atoms with Gasteiger partial charge in [0.2, 0.25) is 10.0 Å². The fourth-order valence-electron chi connectivity index (χ4n) is 3.09. The minimum Gasteiger partial charge on any atom is -0.336 e. The highest BCUT2D eigenvalue weighted by Crippen LogP contribution is 2.27. The SMILES string of the molecule is CS(=O)(=O)Nc1ccc(-c2csc(NC(=O)c3cccc(N4CCNC4=O)c3)n2)cc1. The molecule has 1 aromatic heterocycles. The first kappa shape index (κ1) is 20.8.